The van der Waals surface area contributed by atoms with Gasteiger partial charge in [-0.1, -0.05) is 29.4 Å². The van der Waals surface area contributed by atoms with Gasteiger partial charge in [0.1, 0.15) is 0 Å². The summed E-state index contributed by atoms with van der Waals surface area (Å²) < 4.78 is 0. The summed E-state index contributed by atoms with van der Waals surface area (Å²) in [4.78, 5) is 5.37. The third kappa shape index (κ3) is 3.14. The number of hydrogen-bond acceptors (Lipinski definition) is 2. The number of likely N-dealkylation sites (tertiary alicyclic amines) is 1. The molecule has 3 rings (SSSR count). The molecule has 2 fully saturated rings. The lowest BCUT2D eigenvalue weighted by atomic mass is 9.71. The fourth-order valence-corrected chi connectivity index (χ4v) is 3.40. The van der Waals surface area contributed by atoms with Gasteiger partial charge in [-0.2, -0.15) is 0 Å². The maximum absolute atomic E-state index is 8.32. The highest BCUT2D eigenvalue weighted by Gasteiger charge is 2.29. The molecule has 1 saturated carbocycles. The molecule has 0 aromatic heterocycles. The third-order valence-electron chi connectivity index (χ3n) is 4.69. The van der Waals surface area contributed by atoms with Crippen LogP contribution >= 0.6 is 0 Å². The lowest BCUT2D eigenvalue weighted by Gasteiger charge is -2.35. The molecule has 1 saturated heterocycles. The molecule has 0 spiro atoms. The van der Waals surface area contributed by atoms with Crippen molar-refractivity contribution in [1.82, 2.24) is 4.90 Å². The molecule has 0 radical (unpaired) electrons. The lowest BCUT2D eigenvalue weighted by molar-refractivity contribution is 0.272. The summed E-state index contributed by atoms with van der Waals surface area (Å²) >= 11 is 0. The van der Waals surface area contributed by atoms with Crippen LogP contribution in [0.1, 0.15) is 42.7 Å². The smallest absolute Gasteiger partial charge is 0.0286 e. The van der Waals surface area contributed by atoms with Crippen LogP contribution in [0.4, 0.5) is 0 Å². The van der Waals surface area contributed by atoms with Gasteiger partial charge in [0, 0.05) is 18.0 Å². The Bertz CT molecular complexity index is 478. The van der Waals surface area contributed by atoms with Gasteiger partial charge in [-0.25, -0.2) is 0 Å². The van der Waals surface area contributed by atoms with E-state index in [4.69, 9.17) is 5.53 Å². The predicted octanol–water partition coefficient (Wildman–Crippen LogP) is 4.09. The summed E-state index contributed by atoms with van der Waals surface area (Å²) in [7, 11) is 0. The molecule has 0 atom stereocenters. The molecule has 4 nitrogen and oxygen atoms in total. The number of rotatable bonds is 5. The van der Waals surface area contributed by atoms with Crippen molar-refractivity contribution >= 4 is 0 Å². The Morgan fingerprint density at radius 1 is 1.15 bits per heavy atom. The van der Waals surface area contributed by atoms with Crippen LogP contribution in [0.15, 0.2) is 29.4 Å². The molecule has 0 N–H and O–H groups in total. The van der Waals surface area contributed by atoms with Gasteiger partial charge in [0.05, 0.1) is 0 Å². The average Bonchev–Trinajstić information content (AvgIpc) is 2.92. The average molecular weight is 270 g/mol. The molecule has 1 aliphatic carbocycles. The zero-order valence-electron chi connectivity index (χ0n) is 11.9. The number of hydrogen-bond donors (Lipinski definition) is 0. The Labute approximate surface area is 120 Å². The second kappa shape index (κ2) is 6.29. The molecule has 4 heteroatoms. The molecule has 0 amide bonds. The Morgan fingerprint density at radius 3 is 2.50 bits per heavy atom. The number of nitrogens with zero attached hydrogens (tertiary/aromatic N) is 4. The summed E-state index contributed by atoms with van der Waals surface area (Å²) in [5.74, 6) is 1.27. The molecule has 106 valence electrons. The topological polar surface area (TPSA) is 52.0 Å². The van der Waals surface area contributed by atoms with Crippen molar-refractivity contribution in [1.29, 1.82) is 0 Å². The van der Waals surface area contributed by atoms with E-state index in [9.17, 15) is 0 Å². The molecule has 0 bridgehead atoms. The van der Waals surface area contributed by atoms with E-state index in [2.05, 4.69) is 39.2 Å². The lowest BCUT2D eigenvalue weighted by Crippen LogP contribution is -2.24. The van der Waals surface area contributed by atoms with Crippen molar-refractivity contribution in [2.45, 2.75) is 38.1 Å². The molecule has 1 heterocycles. The van der Waals surface area contributed by atoms with Gasteiger partial charge in [0.25, 0.3) is 0 Å². The van der Waals surface area contributed by atoms with Crippen LogP contribution < -0.4 is 0 Å². The highest BCUT2D eigenvalue weighted by atomic mass is 15.1. The van der Waals surface area contributed by atoms with E-state index in [-0.39, 0.29) is 0 Å². The van der Waals surface area contributed by atoms with Crippen LogP contribution in [-0.4, -0.2) is 24.5 Å². The zero-order chi connectivity index (χ0) is 13.8. The number of azide groups is 1. The van der Waals surface area contributed by atoms with E-state index in [1.165, 1.54) is 49.9 Å². The molecule has 0 unspecified atom stereocenters. The highest BCUT2D eigenvalue weighted by Crippen LogP contribution is 2.41. The van der Waals surface area contributed by atoms with Crippen LogP contribution in [0.2, 0.25) is 0 Å². The second-order valence-electron chi connectivity index (χ2n) is 6.17. The summed E-state index contributed by atoms with van der Waals surface area (Å²) in [6, 6.07) is 9.16. The fraction of sp³-hybridized carbons (Fsp3) is 0.625. The monoisotopic (exact) mass is 270 g/mol. The maximum atomic E-state index is 8.32. The van der Waals surface area contributed by atoms with E-state index in [0.29, 0.717) is 18.4 Å². The van der Waals surface area contributed by atoms with Crippen molar-refractivity contribution in [3.8, 4) is 0 Å². The van der Waals surface area contributed by atoms with E-state index in [1.807, 2.05) is 0 Å². The minimum Gasteiger partial charge on any atom is -0.299 e. The molecule has 1 aromatic rings. The van der Waals surface area contributed by atoms with Gasteiger partial charge in [-0.15, -0.1) is 0 Å². The van der Waals surface area contributed by atoms with E-state index in [1.54, 1.807) is 0 Å². The maximum Gasteiger partial charge on any atom is 0.0286 e. The first-order chi connectivity index (χ1) is 9.85. The molecule has 2 aliphatic rings. The van der Waals surface area contributed by atoms with Crippen LogP contribution in [0.25, 0.3) is 10.4 Å². The van der Waals surface area contributed by atoms with Gasteiger partial charge >= 0.3 is 0 Å². The molecular formula is C16H22N4. The van der Waals surface area contributed by atoms with Crippen molar-refractivity contribution in [3.63, 3.8) is 0 Å². The van der Waals surface area contributed by atoms with Crippen molar-refractivity contribution in [2.75, 3.05) is 19.6 Å². The quantitative estimate of drug-likeness (QED) is 0.451. The number of benzene rings is 1. The van der Waals surface area contributed by atoms with Gasteiger partial charge < -0.3 is 0 Å². The Balaban J connectivity index is 1.50. The Kier molecular flexibility index (Phi) is 4.24. The normalized spacial score (nSPS) is 26.0. The molecule has 1 aliphatic heterocycles. The van der Waals surface area contributed by atoms with Gasteiger partial charge in [-0.3, -0.25) is 4.90 Å². The van der Waals surface area contributed by atoms with Gasteiger partial charge in [0.2, 0.25) is 0 Å². The van der Waals surface area contributed by atoms with E-state index < -0.39 is 0 Å². The highest BCUT2D eigenvalue weighted by molar-refractivity contribution is 5.27. The predicted molar refractivity (Wildman–Crippen MR) is 80.4 cm³/mol. The summed E-state index contributed by atoms with van der Waals surface area (Å²) in [5.41, 5.74) is 11.2. The van der Waals surface area contributed by atoms with E-state index >= 15 is 0 Å². The van der Waals surface area contributed by atoms with Crippen molar-refractivity contribution in [3.05, 3.63) is 45.8 Å². The zero-order valence-corrected chi connectivity index (χ0v) is 11.9. The first-order valence-electron chi connectivity index (χ1n) is 7.67. The van der Waals surface area contributed by atoms with Crippen molar-refractivity contribution < 1.29 is 0 Å². The second-order valence-corrected chi connectivity index (χ2v) is 6.17. The standard InChI is InChI=1S/C16H22N4/c17-19-18-11-14-9-16(10-14)15-5-3-13(4-6-15)12-20-7-1-2-8-20/h3-6,14,16H,1-2,7-12H2. The van der Waals surface area contributed by atoms with Gasteiger partial charge in [0.15, 0.2) is 0 Å². The van der Waals surface area contributed by atoms with Gasteiger partial charge in [-0.05, 0) is 67.3 Å². The van der Waals surface area contributed by atoms with Crippen LogP contribution in [-0.2, 0) is 6.54 Å². The summed E-state index contributed by atoms with van der Waals surface area (Å²) in [6.07, 6.45) is 5.05. The molecular weight excluding hydrogens is 248 g/mol. The first kappa shape index (κ1) is 13.5. The van der Waals surface area contributed by atoms with Crippen molar-refractivity contribution in [2.24, 2.45) is 11.0 Å². The summed E-state index contributed by atoms with van der Waals surface area (Å²) in [6.45, 7) is 4.28. The minimum absolute atomic E-state index is 0.597. The SMILES string of the molecule is [N-]=[N+]=NCC1CC(c2ccc(CN3CCCC3)cc2)C1. The Morgan fingerprint density at radius 2 is 1.85 bits per heavy atom. The van der Waals surface area contributed by atoms with E-state index in [0.717, 1.165) is 6.54 Å². The molecule has 20 heavy (non-hydrogen) atoms. The fourth-order valence-electron chi connectivity index (χ4n) is 3.40. The van der Waals surface area contributed by atoms with Crippen LogP contribution in [0, 0.1) is 5.92 Å². The minimum atomic E-state index is 0.597. The first-order valence-corrected chi connectivity index (χ1v) is 7.67. The largest absolute Gasteiger partial charge is 0.299 e. The molecule has 1 aromatic carbocycles. The van der Waals surface area contributed by atoms with Crippen LogP contribution in [0.5, 0.6) is 0 Å². The summed E-state index contributed by atoms with van der Waals surface area (Å²) in [5, 5.41) is 3.67. The Hall–Kier alpha value is -1.51. The van der Waals surface area contributed by atoms with Crippen LogP contribution in [0.3, 0.4) is 0 Å². The third-order valence-corrected chi connectivity index (χ3v) is 4.69.